The Labute approximate surface area is 128 Å². The van der Waals surface area contributed by atoms with Crippen molar-refractivity contribution < 1.29 is 9.53 Å². The molecule has 0 saturated heterocycles. The second-order valence-electron chi connectivity index (χ2n) is 4.50. The number of aryl methyl sites for hydroxylation is 2. The van der Waals surface area contributed by atoms with Gasteiger partial charge in [-0.25, -0.2) is 4.79 Å². The molecule has 118 valence electrons. The first-order chi connectivity index (χ1) is 10.1. The molecule has 0 aliphatic carbocycles. The van der Waals surface area contributed by atoms with E-state index in [0.717, 1.165) is 17.4 Å². The van der Waals surface area contributed by atoms with Gasteiger partial charge >= 0.3 is 5.97 Å². The van der Waals surface area contributed by atoms with E-state index in [4.69, 9.17) is 4.74 Å². The van der Waals surface area contributed by atoms with Gasteiger partial charge in [-0.3, -0.25) is 0 Å². The minimum atomic E-state index is -0.289. The second kappa shape index (κ2) is 10.0. The van der Waals surface area contributed by atoms with Crippen LogP contribution >= 0.6 is 0 Å². The SMILES string of the molecule is CC.CCC.CCn1c(C)cc2ccc(C(=O)OC)cc21. The number of rotatable bonds is 2. The van der Waals surface area contributed by atoms with Crippen LogP contribution in [0.4, 0.5) is 0 Å². The third-order valence-electron chi connectivity index (χ3n) is 2.85. The van der Waals surface area contributed by atoms with Gasteiger partial charge in [-0.1, -0.05) is 40.2 Å². The van der Waals surface area contributed by atoms with E-state index in [1.807, 2.05) is 26.0 Å². The fourth-order valence-electron chi connectivity index (χ4n) is 2.06. The van der Waals surface area contributed by atoms with E-state index in [1.54, 1.807) is 6.07 Å². The molecule has 3 heteroatoms. The lowest BCUT2D eigenvalue weighted by atomic mass is 10.1. The number of carbonyl (C=O) groups excluding carboxylic acids is 1. The van der Waals surface area contributed by atoms with Crippen LogP contribution in [0, 0.1) is 6.92 Å². The van der Waals surface area contributed by atoms with Crippen molar-refractivity contribution in [3.8, 4) is 0 Å². The van der Waals surface area contributed by atoms with Gasteiger partial charge in [0.25, 0.3) is 0 Å². The minimum absolute atomic E-state index is 0.289. The van der Waals surface area contributed by atoms with Gasteiger partial charge < -0.3 is 9.30 Å². The van der Waals surface area contributed by atoms with Crippen LogP contribution in [0.25, 0.3) is 10.9 Å². The van der Waals surface area contributed by atoms with Crippen molar-refractivity contribution in [2.75, 3.05) is 7.11 Å². The molecule has 0 fully saturated rings. The lowest BCUT2D eigenvalue weighted by Crippen LogP contribution is -2.02. The van der Waals surface area contributed by atoms with E-state index >= 15 is 0 Å². The zero-order valence-electron chi connectivity index (χ0n) is 14.5. The van der Waals surface area contributed by atoms with Crippen LogP contribution in [0.3, 0.4) is 0 Å². The summed E-state index contributed by atoms with van der Waals surface area (Å²) in [4.78, 5) is 11.4. The Kier molecular flexibility index (Phi) is 9.18. The molecular weight excluding hydrogens is 262 g/mol. The quantitative estimate of drug-likeness (QED) is 0.712. The summed E-state index contributed by atoms with van der Waals surface area (Å²) in [5, 5.41) is 1.16. The number of ether oxygens (including phenoxy) is 1. The van der Waals surface area contributed by atoms with Crippen LogP contribution in [-0.4, -0.2) is 17.6 Å². The fraction of sp³-hybridized carbons (Fsp3) is 0.500. The van der Waals surface area contributed by atoms with E-state index in [2.05, 4.69) is 38.3 Å². The number of aromatic nitrogens is 1. The highest BCUT2D eigenvalue weighted by Crippen LogP contribution is 2.21. The number of carbonyl (C=O) groups is 1. The van der Waals surface area contributed by atoms with E-state index < -0.39 is 0 Å². The summed E-state index contributed by atoms with van der Waals surface area (Å²) in [6.07, 6.45) is 1.25. The molecule has 2 rings (SSSR count). The predicted octanol–water partition coefficient (Wildman–Crippen LogP) is 5.20. The molecule has 0 bridgehead atoms. The molecule has 1 aromatic carbocycles. The summed E-state index contributed by atoms with van der Waals surface area (Å²) in [6, 6.07) is 7.77. The maximum Gasteiger partial charge on any atom is 0.337 e. The molecule has 1 aromatic heterocycles. The first-order valence-corrected chi connectivity index (χ1v) is 7.77. The van der Waals surface area contributed by atoms with Gasteiger partial charge in [0.15, 0.2) is 0 Å². The van der Waals surface area contributed by atoms with Crippen LogP contribution in [0.2, 0.25) is 0 Å². The molecule has 2 aromatic rings. The van der Waals surface area contributed by atoms with Gasteiger partial charge in [0.05, 0.1) is 12.7 Å². The van der Waals surface area contributed by atoms with Gasteiger partial charge in [0, 0.05) is 17.8 Å². The highest BCUT2D eigenvalue weighted by atomic mass is 16.5. The largest absolute Gasteiger partial charge is 0.465 e. The molecule has 3 nitrogen and oxygen atoms in total. The minimum Gasteiger partial charge on any atom is -0.465 e. The summed E-state index contributed by atoms with van der Waals surface area (Å²) >= 11 is 0. The number of hydrogen-bond donors (Lipinski definition) is 0. The van der Waals surface area contributed by atoms with Crippen molar-refractivity contribution in [1.29, 1.82) is 0 Å². The molecule has 0 N–H and O–H groups in total. The number of fused-ring (bicyclic) bond motifs is 1. The number of hydrogen-bond acceptors (Lipinski definition) is 2. The molecular formula is C18H29NO2. The lowest BCUT2D eigenvalue weighted by molar-refractivity contribution is 0.0601. The van der Waals surface area contributed by atoms with Crippen molar-refractivity contribution in [3.05, 3.63) is 35.5 Å². The maximum atomic E-state index is 11.4. The highest BCUT2D eigenvalue weighted by molar-refractivity contribution is 5.94. The lowest BCUT2D eigenvalue weighted by Gasteiger charge is -2.05. The molecule has 0 aliphatic heterocycles. The molecule has 0 aliphatic rings. The first kappa shape index (κ1) is 19.2. The van der Waals surface area contributed by atoms with Crippen LogP contribution in [0.5, 0.6) is 0 Å². The summed E-state index contributed by atoms with van der Waals surface area (Å²) < 4.78 is 6.90. The Morgan fingerprint density at radius 2 is 1.71 bits per heavy atom. The number of methoxy groups -OCH3 is 1. The van der Waals surface area contributed by atoms with Crippen molar-refractivity contribution in [3.63, 3.8) is 0 Å². The Hall–Kier alpha value is -1.77. The smallest absolute Gasteiger partial charge is 0.337 e. The molecule has 0 spiro atoms. The topological polar surface area (TPSA) is 31.2 Å². The number of benzene rings is 1. The van der Waals surface area contributed by atoms with E-state index in [0.29, 0.717) is 5.56 Å². The zero-order chi connectivity index (χ0) is 16.4. The van der Waals surface area contributed by atoms with Gasteiger partial charge in [-0.15, -0.1) is 0 Å². The van der Waals surface area contributed by atoms with Crippen molar-refractivity contribution in [1.82, 2.24) is 4.57 Å². The number of nitrogens with zero attached hydrogens (tertiary/aromatic N) is 1. The molecule has 0 amide bonds. The first-order valence-electron chi connectivity index (χ1n) is 7.77. The Bertz CT molecular complexity index is 556. The summed E-state index contributed by atoms with van der Waals surface area (Å²) in [5.74, 6) is -0.289. The Morgan fingerprint density at radius 1 is 1.14 bits per heavy atom. The monoisotopic (exact) mass is 291 g/mol. The Balaban J connectivity index is 0.000000713. The summed E-state index contributed by atoms with van der Waals surface area (Å²) in [5.41, 5.74) is 2.89. The van der Waals surface area contributed by atoms with Gasteiger partial charge in [-0.05, 0) is 37.4 Å². The molecule has 21 heavy (non-hydrogen) atoms. The van der Waals surface area contributed by atoms with Crippen molar-refractivity contribution in [2.45, 2.75) is 54.5 Å². The van der Waals surface area contributed by atoms with E-state index in [-0.39, 0.29) is 5.97 Å². The molecule has 1 heterocycles. The van der Waals surface area contributed by atoms with Crippen LogP contribution in [0.1, 0.15) is 57.1 Å². The van der Waals surface area contributed by atoms with E-state index in [9.17, 15) is 4.79 Å². The standard InChI is InChI=1S/C13H15NO2.C3H8.C2H6/c1-4-14-9(2)7-10-5-6-11(8-12(10)14)13(15)16-3;1-3-2;1-2/h5-8H,4H2,1-3H3;3H2,1-2H3;1-2H3. The molecule has 0 unspecified atom stereocenters. The van der Waals surface area contributed by atoms with Gasteiger partial charge in [0.1, 0.15) is 0 Å². The number of esters is 1. The average Bonchev–Trinajstić information content (AvgIpc) is 2.83. The van der Waals surface area contributed by atoms with Gasteiger partial charge in [-0.2, -0.15) is 0 Å². The van der Waals surface area contributed by atoms with Crippen molar-refractivity contribution >= 4 is 16.9 Å². The normalized spacial score (nSPS) is 9.29. The second-order valence-corrected chi connectivity index (χ2v) is 4.50. The van der Waals surface area contributed by atoms with E-state index in [1.165, 1.54) is 19.2 Å². The molecule has 0 saturated carbocycles. The average molecular weight is 291 g/mol. The van der Waals surface area contributed by atoms with Crippen LogP contribution in [-0.2, 0) is 11.3 Å². The van der Waals surface area contributed by atoms with Crippen LogP contribution in [0.15, 0.2) is 24.3 Å². The highest BCUT2D eigenvalue weighted by Gasteiger charge is 2.09. The third kappa shape index (κ3) is 4.92. The zero-order valence-corrected chi connectivity index (χ0v) is 14.5. The predicted molar refractivity (Wildman–Crippen MR) is 91.0 cm³/mol. The molecule has 0 radical (unpaired) electrons. The summed E-state index contributed by atoms with van der Waals surface area (Å²) in [6.45, 7) is 13.3. The van der Waals surface area contributed by atoms with Gasteiger partial charge in [0.2, 0.25) is 0 Å². The fourth-order valence-corrected chi connectivity index (χ4v) is 2.06. The van der Waals surface area contributed by atoms with Crippen LogP contribution < -0.4 is 0 Å². The molecule has 0 atom stereocenters. The maximum absolute atomic E-state index is 11.4. The van der Waals surface area contributed by atoms with Crippen molar-refractivity contribution in [2.24, 2.45) is 0 Å². The Morgan fingerprint density at radius 3 is 2.19 bits per heavy atom. The summed E-state index contributed by atoms with van der Waals surface area (Å²) in [7, 11) is 1.40. The third-order valence-corrected chi connectivity index (χ3v) is 2.85.